The smallest absolute Gasteiger partial charge is 0.194 e. The molecular weight excluding hydrogens is 402 g/mol. The molecular formula is C23H36ClN3O3. The van der Waals surface area contributed by atoms with E-state index in [0.717, 1.165) is 63.6 Å². The number of hydrogen-bond donors (Lipinski definition) is 1. The van der Waals surface area contributed by atoms with Crippen LogP contribution in [0.1, 0.15) is 50.7 Å². The van der Waals surface area contributed by atoms with Crippen LogP contribution >= 0.6 is 11.6 Å². The number of ether oxygens (including phenoxy) is 3. The van der Waals surface area contributed by atoms with Crippen molar-refractivity contribution in [1.29, 1.82) is 0 Å². The summed E-state index contributed by atoms with van der Waals surface area (Å²) in [6.45, 7) is 6.98. The van der Waals surface area contributed by atoms with Gasteiger partial charge in [0.1, 0.15) is 6.10 Å². The number of likely N-dealkylation sites (tertiary alicyclic amines) is 1. The quantitative estimate of drug-likeness (QED) is 0.491. The summed E-state index contributed by atoms with van der Waals surface area (Å²) >= 11 is 6.14. The Morgan fingerprint density at radius 1 is 1.30 bits per heavy atom. The molecule has 168 valence electrons. The Balaban J connectivity index is 1.50. The van der Waals surface area contributed by atoms with Crippen molar-refractivity contribution in [2.45, 2.75) is 57.3 Å². The zero-order chi connectivity index (χ0) is 21.2. The number of methoxy groups -OCH3 is 1. The average Bonchev–Trinajstić information content (AvgIpc) is 2.78. The van der Waals surface area contributed by atoms with Gasteiger partial charge in [-0.25, -0.2) is 0 Å². The summed E-state index contributed by atoms with van der Waals surface area (Å²) in [6.07, 6.45) is 6.08. The van der Waals surface area contributed by atoms with E-state index in [1.165, 1.54) is 12.8 Å². The molecule has 0 amide bonds. The van der Waals surface area contributed by atoms with Crippen molar-refractivity contribution in [3.63, 3.8) is 0 Å². The zero-order valence-corrected chi connectivity index (χ0v) is 19.1. The predicted molar refractivity (Wildman–Crippen MR) is 121 cm³/mol. The third-order valence-corrected chi connectivity index (χ3v) is 6.02. The maximum Gasteiger partial charge on any atom is 0.194 e. The third kappa shape index (κ3) is 7.12. The number of nitrogens with zero attached hydrogens (tertiary/aromatic N) is 2. The highest BCUT2D eigenvalue weighted by Crippen LogP contribution is 2.22. The highest BCUT2D eigenvalue weighted by molar-refractivity contribution is 6.30. The van der Waals surface area contributed by atoms with Gasteiger partial charge in [0.2, 0.25) is 0 Å². The van der Waals surface area contributed by atoms with Gasteiger partial charge in [-0.15, -0.1) is 0 Å². The van der Waals surface area contributed by atoms with Gasteiger partial charge in [0, 0.05) is 38.4 Å². The van der Waals surface area contributed by atoms with Crippen LogP contribution in [0.25, 0.3) is 0 Å². The lowest BCUT2D eigenvalue weighted by molar-refractivity contribution is -0.0721. The summed E-state index contributed by atoms with van der Waals surface area (Å²) in [5, 5.41) is 4.14. The largest absolute Gasteiger partial charge is 0.376 e. The monoisotopic (exact) mass is 437 g/mol. The van der Waals surface area contributed by atoms with Crippen LogP contribution in [0.3, 0.4) is 0 Å². The molecule has 1 aromatic rings. The van der Waals surface area contributed by atoms with E-state index in [1.54, 1.807) is 7.11 Å². The first-order chi connectivity index (χ1) is 14.7. The fourth-order valence-corrected chi connectivity index (χ4v) is 4.23. The van der Waals surface area contributed by atoms with E-state index in [1.807, 2.05) is 24.3 Å². The molecule has 0 saturated carbocycles. The summed E-state index contributed by atoms with van der Waals surface area (Å²) in [7, 11) is 1.72. The topological polar surface area (TPSA) is 55.3 Å². The summed E-state index contributed by atoms with van der Waals surface area (Å²) in [5.74, 6) is 0.940. The molecule has 0 aliphatic carbocycles. The summed E-state index contributed by atoms with van der Waals surface area (Å²) < 4.78 is 17.6. The lowest BCUT2D eigenvalue weighted by Crippen LogP contribution is -2.47. The first-order valence-corrected chi connectivity index (χ1v) is 11.6. The van der Waals surface area contributed by atoms with E-state index in [-0.39, 0.29) is 12.2 Å². The van der Waals surface area contributed by atoms with E-state index < -0.39 is 0 Å². The number of piperidine rings is 1. The number of nitrogens with one attached hydrogen (secondary N) is 1. The van der Waals surface area contributed by atoms with Gasteiger partial charge in [0.05, 0.1) is 25.4 Å². The third-order valence-electron chi connectivity index (χ3n) is 5.78. The molecule has 6 nitrogen and oxygen atoms in total. The van der Waals surface area contributed by atoms with Crippen LogP contribution in [0.15, 0.2) is 29.3 Å². The summed E-state index contributed by atoms with van der Waals surface area (Å²) in [6, 6.07) is 7.79. The Hall–Kier alpha value is -1.34. The summed E-state index contributed by atoms with van der Waals surface area (Å²) in [5.41, 5.74) is 1.04. The maximum absolute atomic E-state index is 6.15. The van der Waals surface area contributed by atoms with Gasteiger partial charge >= 0.3 is 0 Å². The average molecular weight is 438 g/mol. The minimum Gasteiger partial charge on any atom is -0.376 e. The second-order valence-electron chi connectivity index (χ2n) is 7.98. The Kier molecular flexibility index (Phi) is 9.72. The number of guanidine groups is 1. The second kappa shape index (κ2) is 12.5. The first kappa shape index (κ1) is 23.3. The number of rotatable bonds is 8. The van der Waals surface area contributed by atoms with E-state index in [2.05, 4.69) is 17.1 Å². The molecule has 1 N–H and O–H groups in total. The number of halogens is 1. The summed E-state index contributed by atoms with van der Waals surface area (Å²) in [4.78, 5) is 7.19. The van der Waals surface area contributed by atoms with Gasteiger partial charge in [-0.3, -0.25) is 4.99 Å². The SMILES string of the molecule is CCNC(=NCC(OC)c1cccc(Cl)c1)N1CCC(OCC2CCCCO2)CC1. The normalized spacial score (nSPS) is 22.2. The van der Waals surface area contributed by atoms with Crippen LogP contribution in [-0.4, -0.2) is 69.6 Å². The molecule has 2 saturated heterocycles. The van der Waals surface area contributed by atoms with Crippen molar-refractivity contribution in [3.8, 4) is 0 Å². The lowest BCUT2D eigenvalue weighted by atomic mass is 10.1. The van der Waals surface area contributed by atoms with Crippen molar-refractivity contribution >= 4 is 17.6 Å². The van der Waals surface area contributed by atoms with E-state index in [4.69, 9.17) is 30.8 Å². The number of benzene rings is 1. The van der Waals surface area contributed by atoms with Crippen LogP contribution in [0, 0.1) is 0 Å². The lowest BCUT2D eigenvalue weighted by Gasteiger charge is -2.35. The number of aliphatic imine (C=N–C) groups is 1. The Bertz CT molecular complexity index is 659. The molecule has 2 fully saturated rings. The second-order valence-corrected chi connectivity index (χ2v) is 8.42. The van der Waals surface area contributed by atoms with Crippen molar-refractivity contribution < 1.29 is 14.2 Å². The molecule has 2 aliphatic heterocycles. The number of hydrogen-bond acceptors (Lipinski definition) is 4. The molecule has 0 radical (unpaired) electrons. The van der Waals surface area contributed by atoms with Crippen LogP contribution in [0.4, 0.5) is 0 Å². The van der Waals surface area contributed by atoms with E-state index >= 15 is 0 Å². The molecule has 7 heteroatoms. The minimum absolute atomic E-state index is 0.117. The van der Waals surface area contributed by atoms with Crippen LogP contribution < -0.4 is 5.32 Å². The van der Waals surface area contributed by atoms with Crippen molar-refractivity contribution in [3.05, 3.63) is 34.9 Å². The van der Waals surface area contributed by atoms with Gasteiger partial charge < -0.3 is 24.4 Å². The van der Waals surface area contributed by atoms with E-state index in [0.29, 0.717) is 17.7 Å². The minimum atomic E-state index is -0.117. The van der Waals surface area contributed by atoms with Crippen molar-refractivity contribution in [1.82, 2.24) is 10.2 Å². The van der Waals surface area contributed by atoms with Gasteiger partial charge in [0.25, 0.3) is 0 Å². The fourth-order valence-electron chi connectivity index (χ4n) is 4.03. The van der Waals surface area contributed by atoms with Gasteiger partial charge in [0.15, 0.2) is 5.96 Å². The van der Waals surface area contributed by atoms with Gasteiger partial charge in [-0.1, -0.05) is 23.7 Å². The van der Waals surface area contributed by atoms with Crippen LogP contribution in [0.2, 0.25) is 5.02 Å². The molecule has 0 aromatic heterocycles. The molecule has 2 heterocycles. The first-order valence-electron chi connectivity index (χ1n) is 11.2. The van der Waals surface area contributed by atoms with Crippen LogP contribution in [0.5, 0.6) is 0 Å². The highest BCUT2D eigenvalue weighted by atomic mass is 35.5. The Labute approximate surface area is 185 Å². The molecule has 3 rings (SSSR count). The zero-order valence-electron chi connectivity index (χ0n) is 18.3. The van der Waals surface area contributed by atoms with Gasteiger partial charge in [-0.05, 0) is 56.7 Å². The maximum atomic E-state index is 6.15. The molecule has 0 bridgehead atoms. The van der Waals surface area contributed by atoms with Gasteiger partial charge in [-0.2, -0.15) is 0 Å². The molecule has 0 spiro atoms. The highest BCUT2D eigenvalue weighted by Gasteiger charge is 2.24. The molecule has 2 atom stereocenters. The Morgan fingerprint density at radius 2 is 2.13 bits per heavy atom. The van der Waals surface area contributed by atoms with Crippen molar-refractivity contribution in [2.75, 3.05) is 46.5 Å². The van der Waals surface area contributed by atoms with Crippen molar-refractivity contribution in [2.24, 2.45) is 4.99 Å². The molecule has 30 heavy (non-hydrogen) atoms. The Morgan fingerprint density at radius 3 is 2.80 bits per heavy atom. The standard InChI is InChI=1S/C23H36ClN3O3/c1-3-25-23(26-16-22(28-2)18-7-6-8-19(24)15-18)27-12-10-20(11-13-27)30-17-21-9-4-5-14-29-21/h6-8,15,20-22H,3-5,9-14,16-17H2,1-2H3,(H,25,26). The van der Waals surface area contributed by atoms with E-state index in [9.17, 15) is 0 Å². The molecule has 2 aliphatic rings. The predicted octanol–water partition coefficient (Wildman–Crippen LogP) is 4.04. The molecule has 2 unspecified atom stereocenters. The molecule has 1 aromatic carbocycles. The van der Waals surface area contributed by atoms with Crippen LogP contribution in [-0.2, 0) is 14.2 Å². The fraction of sp³-hybridized carbons (Fsp3) is 0.696.